The van der Waals surface area contributed by atoms with Crippen LogP contribution in [0.4, 0.5) is 0 Å². The zero-order valence-electron chi connectivity index (χ0n) is 33.4. The van der Waals surface area contributed by atoms with Gasteiger partial charge in [-0.15, -0.1) is 0 Å². The van der Waals surface area contributed by atoms with Gasteiger partial charge in [0.15, 0.2) is 19.6 Å². The van der Waals surface area contributed by atoms with Gasteiger partial charge in [-0.1, -0.05) is 87.0 Å². The van der Waals surface area contributed by atoms with Crippen molar-refractivity contribution in [2.24, 2.45) is 0 Å². The third kappa shape index (κ3) is 15.5. The van der Waals surface area contributed by atoms with Crippen molar-refractivity contribution in [3.63, 3.8) is 0 Å². The van der Waals surface area contributed by atoms with Crippen LogP contribution in [0.15, 0.2) is 123 Å². The summed E-state index contributed by atoms with van der Waals surface area (Å²) in [5, 5.41) is 0. The van der Waals surface area contributed by atoms with E-state index in [1.807, 2.05) is 0 Å². The van der Waals surface area contributed by atoms with Crippen LogP contribution in [-0.2, 0) is 49.0 Å². The van der Waals surface area contributed by atoms with Crippen molar-refractivity contribution < 1.29 is 0 Å². The first kappa shape index (κ1) is 44.8. The second-order valence-corrected chi connectivity index (χ2v) is 28.7. The monoisotopic (exact) mass is 872 g/mol. The van der Waals surface area contributed by atoms with Crippen LogP contribution < -0.4 is 0 Å². The number of hydrogen-bond donors (Lipinski definition) is 0. The molecule has 0 saturated carbocycles. The summed E-state index contributed by atoms with van der Waals surface area (Å²) in [6.45, 7) is 11.2. The van der Waals surface area contributed by atoms with Crippen molar-refractivity contribution in [3.05, 3.63) is 120 Å². The molecule has 0 bridgehead atoms. The highest BCUT2D eigenvalue weighted by Crippen LogP contribution is 2.27. The molecule has 0 amide bonds. The van der Waals surface area contributed by atoms with Gasteiger partial charge in [-0.3, -0.25) is 0 Å². The van der Waals surface area contributed by atoms with E-state index in [0.717, 1.165) is 0 Å². The minimum atomic E-state index is 0.282. The maximum atomic E-state index is 2.36. The molecule has 8 heteroatoms. The zero-order chi connectivity index (χ0) is 38.0. The molecule has 54 heavy (non-hydrogen) atoms. The molecule has 4 heterocycles. The van der Waals surface area contributed by atoms with Gasteiger partial charge in [0.2, 0.25) is 0 Å². The number of benzene rings is 4. The summed E-state index contributed by atoms with van der Waals surface area (Å²) in [6, 6.07) is 38.3. The van der Waals surface area contributed by atoms with Gasteiger partial charge >= 0.3 is 0 Å². The van der Waals surface area contributed by atoms with Crippen molar-refractivity contribution in [2.75, 3.05) is 92.0 Å². The van der Waals surface area contributed by atoms with Crippen molar-refractivity contribution in [3.8, 4) is 0 Å². The average molecular weight is 874 g/mol. The SMILES string of the molecule is CC(C)(C)c1ccc([S+]2CCSCC2)cc1.Cc1ccc([S+]2CCSCC2)cc1.Cc1ccccc1[S+]1CCSCC1.c1ccc([S+]2CCSCC2)cc1. The Hall–Kier alpha value is -0.320. The zero-order valence-corrected chi connectivity index (χ0v) is 39.9. The summed E-state index contributed by atoms with van der Waals surface area (Å²) < 4.78 is 0. The van der Waals surface area contributed by atoms with Gasteiger partial charge < -0.3 is 0 Å². The predicted octanol–water partition coefficient (Wildman–Crippen LogP) is 11.6. The molecular formula is C46H64S8+4. The van der Waals surface area contributed by atoms with E-state index in [1.54, 1.807) is 19.6 Å². The van der Waals surface area contributed by atoms with Gasteiger partial charge in [-0.05, 0) is 67.3 Å². The lowest BCUT2D eigenvalue weighted by molar-refractivity contribution is 0.589. The molecule has 0 aromatic heterocycles. The summed E-state index contributed by atoms with van der Waals surface area (Å²) >= 11 is 8.42. The van der Waals surface area contributed by atoms with E-state index in [4.69, 9.17) is 0 Å². The smallest absolute Gasteiger partial charge is 0.152 e. The van der Waals surface area contributed by atoms with E-state index in [9.17, 15) is 0 Å². The summed E-state index contributed by atoms with van der Waals surface area (Å²) in [6.07, 6.45) is 0. The van der Waals surface area contributed by atoms with Gasteiger partial charge in [0.1, 0.15) is 46.0 Å². The molecule has 0 aliphatic carbocycles. The van der Waals surface area contributed by atoms with Crippen LogP contribution in [0.2, 0.25) is 0 Å². The third-order valence-electron chi connectivity index (χ3n) is 9.68. The molecular weight excluding hydrogens is 809 g/mol. The van der Waals surface area contributed by atoms with Crippen LogP contribution in [-0.4, -0.2) is 92.0 Å². The highest BCUT2D eigenvalue weighted by Gasteiger charge is 2.28. The topological polar surface area (TPSA) is 0 Å². The Balaban J connectivity index is 0.000000139. The van der Waals surface area contributed by atoms with Gasteiger partial charge in [0, 0.05) is 95.2 Å². The van der Waals surface area contributed by atoms with Crippen molar-refractivity contribution in [2.45, 2.75) is 59.6 Å². The lowest BCUT2D eigenvalue weighted by atomic mass is 9.87. The van der Waals surface area contributed by atoms with Crippen LogP contribution in [0.1, 0.15) is 37.5 Å². The summed E-state index contributed by atoms with van der Waals surface area (Å²) in [5.41, 5.74) is 4.59. The molecule has 4 saturated heterocycles. The molecule has 0 unspecified atom stereocenters. The highest BCUT2D eigenvalue weighted by atomic mass is 32.2. The largest absolute Gasteiger partial charge is 0.157 e. The van der Waals surface area contributed by atoms with E-state index in [-0.39, 0.29) is 5.41 Å². The van der Waals surface area contributed by atoms with E-state index in [1.165, 1.54) is 109 Å². The second kappa shape index (κ2) is 24.6. The van der Waals surface area contributed by atoms with Crippen LogP contribution >= 0.6 is 47.0 Å². The summed E-state index contributed by atoms with van der Waals surface area (Å²) in [7, 11) is 2.23. The first-order valence-corrected chi connectivity index (χ1v) is 30.4. The van der Waals surface area contributed by atoms with Crippen LogP contribution in [0.25, 0.3) is 0 Å². The fourth-order valence-electron chi connectivity index (χ4n) is 6.39. The minimum absolute atomic E-state index is 0.282. The Morgan fingerprint density at radius 2 is 0.741 bits per heavy atom. The Morgan fingerprint density at radius 1 is 0.389 bits per heavy atom. The Morgan fingerprint density at radius 3 is 1.15 bits per heavy atom. The number of thioether (sulfide) groups is 4. The fraction of sp³-hybridized carbons (Fsp3) is 0.478. The molecule has 4 aliphatic rings. The molecule has 0 spiro atoms. The second-order valence-electron chi connectivity index (χ2n) is 14.7. The summed E-state index contributed by atoms with van der Waals surface area (Å²) in [5.74, 6) is 22.0. The average Bonchev–Trinajstić information content (AvgIpc) is 3.23. The van der Waals surface area contributed by atoms with Crippen LogP contribution in [0.3, 0.4) is 0 Å². The first-order chi connectivity index (χ1) is 26.3. The molecule has 0 atom stereocenters. The van der Waals surface area contributed by atoms with Crippen LogP contribution in [0.5, 0.6) is 0 Å². The van der Waals surface area contributed by atoms with E-state index in [0.29, 0.717) is 43.6 Å². The van der Waals surface area contributed by atoms with Gasteiger partial charge in [-0.25, -0.2) is 0 Å². The normalized spacial score (nSPS) is 18.9. The maximum Gasteiger partial charge on any atom is 0.157 e. The first-order valence-electron chi connectivity index (χ1n) is 19.6. The molecule has 4 aromatic carbocycles. The van der Waals surface area contributed by atoms with E-state index < -0.39 is 0 Å². The number of hydrogen-bond acceptors (Lipinski definition) is 4. The van der Waals surface area contributed by atoms with E-state index >= 15 is 0 Å². The third-order valence-corrected chi connectivity index (χ3v) is 25.2. The molecule has 4 aromatic rings. The van der Waals surface area contributed by atoms with Crippen molar-refractivity contribution in [1.82, 2.24) is 0 Å². The van der Waals surface area contributed by atoms with Gasteiger partial charge in [0.25, 0.3) is 0 Å². The lowest BCUT2D eigenvalue weighted by Gasteiger charge is -2.19. The Kier molecular flexibility index (Phi) is 20.4. The quantitative estimate of drug-likeness (QED) is 0.187. The molecule has 4 aliphatic heterocycles. The Bertz CT molecular complexity index is 1580. The highest BCUT2D eigenvalue weighted by molar-refractivity contribution is 8.06. The molecule has 0 nitrogen and oxygen atoms in total. The number of aryl methyl sites for hydroxylation is 2. The predicted molar refractivity (Wildman–Crippen MR) is 265 cm³/mol. The molecule has 292 valence electrons. The molecule has 0 N–H and O–H groups in total. The van der Waals surface area contributed by atoms with Crippen LogP contribution in [0, 0.1) is 13.8 Å². The van der Waals surface area contributed by atoms with Gasteiger partial charge in [-0.2, -0.15) is 47.0 Å². The van der Waals surface area contributed by atoms with Crippen molar-refractivity contribution in [1.29, 1.82) is 0 Å². The number of rotatable bonds is 4. The maximum absolute atomic E-state index is 2.36. The molecule has 4 fully saturated rings. The molecule has 0 radical (unpaired) electrons. The minimum Gasteiger partial charge on any atom is -0.152 e. The lowest BCUT2D eigenvalue weighted by Crippen LogP contribution is -2.21. The summed E-state index contributed by atoms with van der Waals surface area (Å²) in [4.78, 5) is 6.33. The van der Waals surface area contributed by atoms with Gasteiger partial charge in [0.05, 0.1) is 0 Å². The molecule has 8 rings (SSSR count). The fourth-order valence-corrected chi connectivity index (χ4v) is 22.5. The standard InChI is InChI=1S/C14H21S2.2C11H15S2.C10H13S2/c1-14(2,3)12-4-6-13(7-5-12)16-10-8-15-9-11-16;1-10-2-4-11(5-3-10)13-8-6-12-7-9-13;1-10-4-2-3-5-11(10)13-8-6-12-7-9-13;1-2-4-10(5-3-1)12-8-6-11-7-9-12/h4-7H,8-11H2,1-3H3;2*2-5H,6-9H2,1H3;1-5H,6-9H2/q4*+1. The van der Waals surface area contributed by atoms with E-state index in [2.05, 4.69) is 185 Å². The van der Waals surface area contributed by atoms with Crippen molar-refractivity contribution >= 4 is 90.6 Å². The Labute approximate surface area is 358 Å².